The molecule has 512 valence electrons. The molecule has 1 saturated carbocycles. The second kappa shape index (κ2) is 41.1. The normalized spacial score (nSPS) is 13.7. The van der Waals surface area contributed by atoms with Gasteiger partial charge >= 0.3 is 42.1 Å². The first-order chi connectivity index (χ1) is 45.0. The van der Waals surface area contributed by atoms with Crippen LogP contribution in [-0.2, 0) is 53.7 Å². The van der Waals surface area contributed by atoms with E-state index in [1.54, 1.807) is 12.1 Å². The highest BCUT2D eigenvalue weighted by molar-refractivity contribution is 5.96. The lowest BCUT2D eigenvalue weighted by Crippen LogP contribution is -2.38. The van der Waals surface area contributed by atoms with Gasteiger partial charge in [0.1, 0.15) is 22.9 Å². The number of esters is 5. The van der Waals surface area contributed by atoms with Crippen LogP contribution in [0.15, 0.2) is 123 Å². The van der Waals surface area contributed by atoms with Gasteiger partial charge in [-0.1, -0.05) is 76.3 Å². The zero-order valence-electron chi connectivity index (χ0n) is 51.8. The Hall–Kier alpha value is -8.74. The molecule has 0 heterocycles. The molecule has 5 rings (SSSR count). The fourth-order valence-corrected chi connectivity index (χ4v) is 9.11. The van der Waals surface area contributed by atoms with Crippen LogP contribution in [0.1, 0.15) is 142 Å². The summed E-state index contributed by atoms with van der Waals surface area (Å²) in [5, 5.41) is 0. The van der Waals surface area contributed by atoms with Crippen molar-refractivity contribution < 1.29 is 115 Å². The number of halogens is 10. The van der Waals surface area contributed by atoms with Crippen LogP contribution in [0.3, 0.4) is 0 Å². The van der Waals surface area contributed by atoms with Gasteiger partial charge < -0.3 is 42.6 Å². The number of carbonyl (C=O) groups excluding carboxylic acids is 6. The second-order valence-corrected chi connectivity index (χ2v) is 21.0. The highest BCUT2D eigenvalue weighted by Gasteiger charge is 2.45. The van der Waals surface area contributed by atoms with Crippen molar-refractivity contribution in [3.05, 3.63) is 175 Å². The van der Waals surface area contributed by atoms with E-state index in [0.717, 1.165) is 81.0 Å². The predicted molar refractivity (Wildman–Crippen MR) is 325 cm³/mol. The molecule has 1 aliphatic rings. The number of hydrogen-bond donors (Lipinski definition) is 0. The Labute approximate surface area is 538 Å². The van der Waals surface area contributed by atoms with Crippen LogP contribution in [-0.4, -0.2) is 94.1 Å². The van der Waals surface area contributed by atoms with Crippen molar-refractivity contribution in [2.24, 2.45) is 5.92 Å². The highest BCUT2D eigenvalue weighted by atomic mass is 19.3. The third-order valence-corrected chi connectivity index (χ3v) is 14.1. The summed E-state index contributed by atoms with van der Waals surface area (Å²) in [5.41, 5.74) is -3.06. The minimum atomic E-state index is -4.77. The summed E-state index contributed by atoms with van der Waals surface area (Å²) in [4.78, 5) is 68.4. The van der Waals surface area contributed by atoms with Crippen molar-refractivity contribution in [1.29, 1.82) is 0 Å². The number of rotatable bonds is 41. The van der Waals surface area contributed by atoms with Gasteiger partial charge in [0.2, 0.25) is 11.6 Å². The molecule has 0 saturated heterocycles. The first-order valence-corrected chi connectivity index (χ1v) is 30.4. The zero-order valence-corrected chi connectivity index (χ0v) is 51.8. The molecule has 0 atom stereocenters. The molecule has 0 bridgehead atoms. The predicted octanol–water partition coefficient (Wildman–Crippen LogP) is 16.2. The van der Waals surface area contributed by atoms with Gasteiger partial charge in [-0.05, 0) is 143 Å². The molecule has 4 aromatic rings. The number of Topliss-reactive ketones (excluding diaryl/α,β-unsaturated/α-hetero) is 1. The molecule has 15 nitrogen and oxygen atoms in total. The Morgan fingerprint density at radius 2 is 0.894 bits per heavy atom. The van der Waals surface area contributed by atoms with Crippen LogP contribution in [0.4, 0.5) is 43.9 Å². The first kappa shape index (κ1) is 77.7. The van der Waals surface area contributed by atoms with Crippen molar-refractivity contribution >= 4 is 35.6 Å². The molecule has 1 aliphatic carbocycles. The van der Waals surface area contributed by atoms with E-state index < -0.39 is 117 Å². The van der Waals surface area contributed by atoms with Crippen LogP contribution in [0, 0.1) is 40.8 Å². The van der Waals surface area contributed by atoms with E-state index in [4.69, 9.17) is 33.2 Å². The van der Waals surface area contributed by atoms with E-state index in [-0.39, 0.29) is 70.2 Å². The third kappa shape index (κ3) is 26.7. The molecule has 0 radical (unpaired) electrons. The van der Waals surface area contributed by atoms with Crippen molar-refractivity contribution in [1.82, 2.24) is 0 Å². The average molecular weight is 1340 g/mol. The van der Waals surface area contributed by atoms with Crippen LogP contribution >= 0.6 is 0 Å². The van der Waals surface area contributed by atoms with E-state index in [0.29, 0.717) is 94.3 Å². The van der Waals surface area contributed by atoms with Crippen LogP contribution in [0.2, 0.25) is 0 Å². The highest BCUT2D eigenvalue weighted by Crippen LogP contribution is 2.41. The lowest BCUT2D eigenvalue weighted by atomic mass is 9.86. The van der Waals surface area contributed by atoms with Gasteiger partial charge in [0, 0.05) is 30.7 Å². The smallest absolute Gasteiger partial charge is 0.432 e. The molecular weight excluding hydrogens is 1260 g/mol. The van der Waals surface area contributed by atoms with Crippen molar-refractivity contribution in [3.8, 4) is 28.4 Å². The Kier molecular flexibility index (Phi) is 33.9. The lowest BCUT2D eigenvalue weighted by Gasteiger charge is -2.33. The zero-order chi connectivity index (χ0) is 69.1. The molecular formula is C69H76F10O15. The third-order valence-electron chi connectivity index (χ3n) is 14.1. The van der Waals surface area contributed by atoms with Gasteiger partial charge in [0.25, 0.3) is 0 Å². The molecule has 0 aromatic heterocycles. The fraction of sp³-hybridized carbons (Fsp3) is 0.420. The number of unbranched alkanes of at least 4 members (excludes halogenated alkanes) is 8. The molecule has 0 amide bonds. The molecule has 1 fully saturated rings. The van der Waals surface area contributed by atoms with E-state index in [1.807, 2.05) is 12.2 Å². The number of ether oxygens (including phenoxy) is 9. The summed E-state index contributed by atoms with van der Waals surface area (Å²) >= 11 is 0. The fourth-order valence-electron chi connectivity index (χ4n) is 9.11. The summed E-state index contributed by atoms with van der Waals surface area (Å²) in [6.45, 7) is 14.6. The van der Waals surface area contributed by atoms with Gasteiger partial charge in [0.15, 0.2) is 28.9 Å². The summed E-state index contributed by atoms with van der Waals surface area (Å²) in [6.07, 6.45) is 8.07. The Balaban J connectivity index is 0.000000410. The maximum absolute atomic E-state index is 15.0. The number of alkyl halides is 4. The minimum absolute atomic E-state index is 0.0590. The number of benzene rings is 4. The van der Waals surface area contributed by atoms with Crippen molar-refractivity contribution in [2.45, 2.75) is 134 Å². The van der Waals surface area contributed by atoms with Gasteiger partial charge in [0.05, 0.1) is 69.4 Å². The van der Waals surface area contributed by atoms with Gasteiger partial charge in [-0.3, -0.25) is 4.79 Å². The summed E-state index contributed by atoms with van der Waals surface area (Å²) < 4.78 is 193. The quantitative estimate of drug-likeness (QED) is 0.00776. The molecule has 94 heavy (non-hydrogen) atoms. The number of hydrogen-bond acceptors (Lipinski definition) is 15. The SMILES string of the molecule is C=CC(=O)OCC/C=C\CCOC1CCC(C(F)(F)Oc2ccc(C(=O)OCCCCOC(=O)C=C)c(F)c2F)CC1.C=CC(=O)OCCCCCCCCOc1ccc(-c2cc(F)c(C(F)(F)Oc3ccc(C(=O)CCCCCOC(=O)C=C)c(F)c3F)c(F)c2)cc1. The topological polar surface area (TPSA) is 185 Å². The Morgan fingerprint density at radius 1 is 0.457 bits per heavy atom. The molecule has 25 heteroatoms. The maximum Gasteiger partial charge on any atom is 0.432 e. The maximum atomic E-state index is 15.0. The molecule has 0 spiro atoms. The second-order valence-electron chi connectivity index (χ2n) is 21.0. The van der Waals surface area contributed by atoms with E-state index in [2.05, 4.69) is 35.8 Å². The largest absolute Gasteiger partial charge is 0.494 e. The van der Waals surface area contributed by atoms with Gasteiger partial charge in [-0.15, -0.1) is 0 Å². The Bertz CT molecular complexity index is 3180. The number of carbonyl (C=O) groups is 6. The van der Waals surface area contributed by atoms with E-state index in [1.165, 1.54) is 12.1 Å². The van der Waals surface area contributed by atoms with Crippen LogP contribution < -0.4 is 14.2 Å². The molecule has 4 aromatic carbocycles. The number of ketones is 1. The monoisotopic (exact) mass is 1330 g/mol. The summed E-state index contributed by atoms with van der Waals surface area (Å²) in [6, 6.07) is 10.4. The Morgan fingerprint density at radius 3 is 1.43 bits per heavy atom. The van der Waals surface area contributed by atoms with Gasteiger partial charge in [-0.2, -0.15) is 26.3 Å². The van der Waals surface area contributed by atoms with Gasteiger partial charge in [-0.25, -0.2) is 41.5 Å². The average Bonchev–Trinajstić information content (AvgIpc) is 0.792. The molecule has 0 N–H and O–H groups in total. The van der Waals surface area contributed by atoms with Crippen LogP contribution in [0.5, 0.6) is 17.2 Å². The minimum Gasteiger partial charge on any atom is -0.494 e. The first-order valence-electron chi connectivity index (χ1n) is 30.4. The summed E-state index contributed by atoms with van der Waals surface area (Å²) in [5.74, 6) is -17.6. The molecule has 0 aliphatic heterocycles. The van der Waals surface area contributed by atoms with Crippen LogP contribution in [0.25, 0.3) is 11.1 Å². The molecule has 0 unspecified atom stereocenters. The van der Waals surface area contributed by atoms with E-state index >= 15 is 8.78 Å². The standard InChI is InChI=1S/C39H40F6O7.C30H36F4O8/c1-3-34(47)50-22-12-8-6-5-7-11-21-49-28-17-15-26(16-18-28)27-24-30(40)36(31(41)25-27)39(44,45)52-33-20-19-29(37(42)38(33)43)32(46)14-10-9-13-23-51-35(48)4-2;1-3-25(35)39-18-8-6-5-7-17-38-22-13-11-21(12-14-22)30(33,34)42-24-16-15-23(27(31)28(24)32)29(37)41-20-10-9-19-40-26(36)4-2/h3-4,15-20,24-25H,1-2,5-14,21-23H2;3-6,15-16,21-22H,1-2,7-14,17-20H2/b;6-5-. The van der Waals surface area contributed by atoms with E-state index in [9.17, 15) is 63.9 Å². The van der Waals surface area contributed by atoms with Crippen molar-refractivity contribution in [3.63, 3.8) is 0 Å². The van der Waals surface area contributed by atoms with Crippen molar-refractivity contribution in [2.75, 3.05) is 46.2 Å². The lowest BCUT2D eigenvalue weighted by molar-refractivity contribution is -0.227. The summed E-state index contributed by atoms with van der Waals surface area (Å²) in [7, 11) is 0.